The van der Waals surface area contributed by atoms with E-state index in [2.05, 4.69) is 10.3 Å². The van der Waals surface area contributed by atoms with Gasteiger partial charge in [-0.25, -0.2) is 8.42 Å². The van der Waals surface area contributed by atoms with Crippen LogP contribution < -0.4 is 5.32 Å². The van der Waals surface area contributed by atoms with Crippen molar-refractivity contribution in [3.05, 3.63) is 47.1 Å². The van der Waals surface area contributed by atoms with Gasteiger partial charge in [-0.3, -0.25) is 9.78 Å². The smallest absolute Gasteiger partial charge is 0.252 e. The predicted octanol–water partition coefficient (Wildman–Crippen LogP) is 2.54. The Labute approximate surface area is 158 Å². The molecule has 0 saturated carbocycles. The molecule has 6 nitrogen and oxygen atoms in total. The van der Waals surface area contributed by atoms with Gasteiger partial charge >= 0.3 is 0 Å². The third kappa shape index (κ3) is 4.31. The van der Waals surface area contributed by atoms with E-state index in [-0.39, 0.29) is 11.8 Å². The molecule has 1 fully saturated rings. The standard InChI is InChI=1S/C18H23N3O3S2/c1-2-16-7-8-17(25-16)26(23,24)21-10-4-5-14(13-21)11-20-18(22)15-6-3-9-19-12-15/h3,6-9,12,14H,2,4-5,10-11,13H2,1H3,(H,20,22)/t14-/m1/s1. The van der Waals surface area contributed by atoms with Gasteiger partial charge in [-0.1, -0.05) is 6.92 Å². The summed E-state index contributed by atoms with van der Waals surface area (Å²) in [5, 5.41) is 2.90. The molecular weight excluding hydrogens is 370 g/mol. The summed E-state index contributed by atoms with van der Waals surface area (Å²) in [5.74, 6) is -0.0614. The van der Waals surface area contributed by atoms with Crippen LogP contribution in [0.3, 0.4) is 0 Å². The number of aromatic nitrogens is 1. The Kier molecular flexibility index (Phi) is 6.05. The highest BCUT2D eigenvalue weighted by molar-refractivity contribution is 7.91. The SMILES string of the molecule is CCc1ccc(S(=O)(=O)N2CCC[C@H](CNC(=O)c3cccnc3)C2)s1. The van der Waals surface area contributed by atoms with E-state index in [1.807, 2.05) is 13.0 Å². The molecule has 0 aromatic carbocycles. The Morgan fingerprint density at radius 2 is 2.23 bits per heavy atom. The summed E-state index contributed by atoms with van der Waals surface area (Å²) in [6.45, 7) is 3.46. The number of amides is 1. The van der Waals surface area contributed by atoms with Crippen molar-refractivity contribution in [1.82, 2.24) is 14.6 Å². The molecule has 3 rings (SSSR count). The quantitative estimate of drug-likeness (QED) is 0.818. The number of rotatable bonds is 6. The molecule has 1 aliphatic heterocycles. The number of aryl methyl sites for hydroxylation is 1. The third-order valence-corrected chi connectivity index (χ3v) is 8.10. The highest BCUT2D eigenvalue weighted by Gasteiger charge is 2.31. The molecule has 2 aromatic rings. The van der Waals surface area contributed by atoms with Crippen molar-refractivity contribution < 1.29 is 13.2 Å². The Bertz CT molecular complexity index is 850. The second kappa shape index (κ2) is 8.28. The van der Waals surface area contributed by atoms with Crippen LogP contribution in [0.25, 0.3) is 0 Å². The number of hydrogen-bond acceptors (Lipinski definition) is 5. The van der Waals surface area contributed by atoms with E-state index in [0.29, 0.717) is 29.4 Å². The Morgan fingerprint density at radius 3 is 2.92 bits per heavy atom. The zero-order valence-electron chi connectivity index (χ0n) is 14.7. The van der Waals surface area contributed by atoms with Gasteiger partial charge < -0.3 is 5.32 Å². The van der Waals surface area contributed by atoms with Crippen molar-refractivity contribution in [2.24, 2.45) is 5.92 Å². The molecule has 0 spiro atoms. The lowest BCUT2D eigenvalue weighted by atomic mass is 9.99. The van der Waals surface area contributed by atoms with Gasteiger partial charge in [0.1, 0.15) is 4.21 Å². The molecule has 8 heteroatoms. The fraction of sp³-hybridized carbons (Fsp3) is 0.444. The molecule has 0 unspecified atom stereocenters. The Hall–Kier alpha value is -1.77. The second-order valence-corrected chi connectivity index (χ2v) is 9.73. The molecule has 26 heavy (non-hydrogen) atoms. The first-order valence-corrected chi connectivity index (χ1v) is 11.0. The zero-order valence-corrected chi connectivity index (χ0v) is 16.4. The van der Waals surface area contributed by atoms with E-state index >= 15 is 0 Å². The fourth-order valence-electron chi connectivity index (χ4n) is 3.06. The van der Waals surface area contributed by atoms with Gasteiger partial charge in [0.05, 0.1) is 5.56 Å². The van der Waals surface area contributed by atoms with Crippen LogP contribution in [0, 0.1) is 5.92 Å². The summed E-state index contributed by atoms with van der Waals surface area (Å²) < 4.78 is 27.7. The van der Waals surface area contributed by atoms with Crippen LogP contribution in [0.15, 0.2) is 40.9 Å². The van der Waals surface area contributed by atoms with Crippen LogP contribution in [0.1, 0.15) is 35.0 Å². The van der Waals surface area contributed by atoms with Crippen molar-refractivity contribution in [1.29, 1.82) is 0 Å². The first-order valence-electron chi connectivity index (χ1n) is 8.77. The van der Waals surface area contributed by atoms with Gasteiger partial charge in [0.2, 0.25) is 0 Å². The average molecular weight is 394 g/mol. The lowest BCUT2D eigenvalue weighted by Gasteiger charge is -2.31. The third-order valence-electron chi connectivity index (χ3n) is 4.54. The minimum Gasteiger partial charge on any atom is -0.352 e. The number of nitrogens with zero attached hydrogens (tertiary/aromatic N) is 2. The molecule has 3 heterocycles. The average Bonchev–Trinajstić information content (AvgIpc) is 3.17. The first kappa shape index (κ1) is 19.0. The van der Waals surface area contributed by atoms with Crippen LogP contribution >= 0.6 is 11.3 Å². The number of piperidine rings is 1. The molecular formula is C18H23N3O3S2. The van der Waals surface area contributed by atoms with E-state index in [9.17, 15) is 13.2 Å². The molecule has 1 aliphatic rings. The minimum absolute atomic E-state index is 0.116. The second-order valence-electron chi connectivity index (χ2n) is 6.40. The van der Waals surface area contributed by atoms with Crippen molar-refractivity contribution in [2.45, 2.75) is 30.4 Å². The van der Waals surface area contributed by atoms with Crippen LogP contribution in [-0.2, 0) is 16.4 Å². The largest absolute Gasteiger partial charge is 0.352 e. The number of nitrogens with one attached hydrogen (secondary N) is 1. The maximum Gasteiger partial charge on any atom is 0.252 e. The first-order chi connectivity index (χ1) is 12.5. The van der Waals surface area contributed by atoms with Gasteiger partial charge in [-0.15, -0.1) is 11.3 Å². The van der Waals surface area contributed by atoms with Gasteiger partial charge in [-0.05, 0) is 49.4 Å². The minimum atomic E-state index is -3.45. The topological polar surface area (TPSA) is 79.4 Å². The molecule has 2 aromatic heterocycles. The van der Waals surface area contributed by atoms with Crippen molar-refractivity contribution in [3.8, 4) is 0 Å². The molecule has 1 atom stereocenters. The number of carbonyl (C=O) groups excluding carboxylic acids is 1. The number of sulfonamides is 1. The summed E-state index contributed by atoms with van der Waals surface area (Å²) in [6, 6.07) is 7.01. The summed E-state index contributed by atoms with van der Waals surface area (Å²) in [5.41, 5.74) is 0.512. The van der Waals surface area contributed by atoms with Crippen molar-refractivity contribution >= 4 is 27.3 Å². The van der Waals surface area contributed by atoms with E-state index in [1.54, 1.807) is 28.7 Å². The number of carbonyl (C=O) groups is 1. The molecule has 0 radical (unpaired) electrons. The van der Waals surface area contributed by atoms with Crippen molar-refractivity contribution in [3.63, 3.8) is 0 Å². The lowest BCUT2D eigenvalue weighted by molar-refractivity contribution is 0.0941. The fourth-order valence-corrected chi connectivity index (χ4v) is 6.07. The van der Waals surface area contributed by atoms with Gasteiger partial charge in [-0.2, -0.15) is 4.31 Å². The maximum atomic E-state index is 12.9. The summed E-state index contributed by atoms with van der Waals surface area (Å²) in [6.07, 6.45) is 5.69. The van der Waals surface area contributed by atoms with E-state index < -0.39 is 10.0 Å². The molecule has 1 saturated heterocycles. The monoisotopic (exact) mass is 393 g/mol. The predicted molar refractivity (Wildman–Crippen MR) is 102 cm³/mol. The molecule has 1 amide bonds. The maximum absolute atomic E-state index is 12.9. The van der Waals surface area contributed by atoms with Gasteiger partial charge in [0.25, 0.3) is 15.9 Å². The van der Waals surface area contributed by atoms with Crippen LogP contribution in [0.2, 0.25) is 0 Å². The number of pyridine rings is 1. The van der Waals surface area contributed by atoms with Crippen LogP contribution in [0.4, 0.5) is 0 Å². The zero-order chi connectivity index (χ0) is 18.6. The lowest BCUT2D eigenvalue weighted by Crippen LogP contribution is -2.43. The Balaban J connectivity index is 1.61. The summed E-state index contributed by atoms with van der Waals surface area (Å²) in [7, 11) is -3.45. The summed E-state index contributed by atoms with van der Waals surface area (Å²) >= 11 is 1.34. The highest BCUT2D eigenvalue weighted by atomic mass is 32.2. The number of hydrogen-bond donors (Lipinski definition) is 1. The molecule has 140 valence electrons. The number of thiophene rings is 1. The van der Waals surface area contributed by atoms with E-state index in [4.69, 9.17) is 0 Å². The summed E-state index contributed by atoms with van der Waals surface area (Å²) in [4.78, 5) is 17.2. The van der Waals surface area contributed by atoms with Crippen LogP contribution in [-0.4, -0.2) is 43.2 Å². The normalized spacial score (nSPS) is 18.6. The highest BCUT2D eigenvalue weighted by Crippen LogP contribution is 2.28. The van der Waals surface area contributed by atoms with Crippen LogP contribution in [0.5, 0.6) is 0 Å². The molecule has 1 N–H and O–H groups in total. The molecule has 0 aliphatic carbocycles. The van der Waals surface area contributed by atoms with E-state index in [1.165, 1.54) is 17.5 Å². The molecule has 0 bridgehead atoms. The van der Waals surface area contributed by atoms with E-state index in [0.717, 1.165) is 24.1 Å². The van der Waals surface area contributed by atoms with Crippen molar-refractivity contribution in [2.75, 3.05) is 19.6 Å². The van der Waals surface area contributed by atoms with Gasteiger partial charge in [0.15, 0.2) is 0 Å². The van der Waals surface area contributed by atoms with Gasteiger partial charge in [0, 0.05) is 36.9 Å². The Morgan fingerprint density at radius 1 is 1.38 bits per heavy atom.